The summed E-state index contributed by atoms with van der Waals surface area (Å²) >= 11 is 0. The molecular formula is C11H18N2O3. The zero-order valence-corrected chi connectivity index (χ0v) is 10.2. The lowest BCUT2D eigenvalue weighted by Gasteiger charge is -2.22. The number of oxazole rings is 1. The molecule has 90 valence electrons. The van der Waals surface area contributed by atoms with Gasteiger partial charge in [-0.15, -0.1) is 0 Å². The lowest BCUT2D eigenvalue weighted by Crippen LogP contribution is -2.30. The molecule has 0 bridgehead atoms. The number of anilines is 1. The highest BCUT2D eigenvalue weighted by molar-refractivity contribution is 5.87. The smallest absolute Gasteiger partial charge is 0.360 e. The molecule has 5 nitrogen and oxygen atoms in total. The SMILES string of the molecule is CCOC(=O)c1coc(N(CC)C(C)C)n1. The highest BCUT2D eigenvalue weighted by atomic mass is 16.5. The molecule has 0 unspecified atom stereocenters. The van der Waals surface area contributed by atoms with Gasteiger partial charge in [0.2, 0.25) is 0 Å². The minimum Gasteiger partial charge on any atom is -0.461 e. The summed E-state index contributed by atoms with van der Waals surface area (Å²) in [5.74, 6) is -0.447. The molecule has 0 saturated heterocycles. The molecule has 0 atom stereocenters. The van der Waals surface area contributed by atoms with Crippen molar-refractivity contribution in [2.24, 2.45) is 0 Å². The van der Waals surface area contributed by atoms with Crippen LogP contribution in [0.15, 0.2) is 10.7 Å². The van der Waals surface area contributed by atoms with E-state index in [0.717, 1.165) is 6.54 Å². The Labute approximate surface area is 95.4 Å². The van der Waals surface area contributed by atoms with Gasteiger partial charge in [-0.05, 0) is 27.7 Å². The fraction of sp³-hybridized carbons (Fsp3) is 0.636. The fourth-order valence-electron chi connectivity index (χ4n) is 1.42. The lowest BCUT2D eigenvalue weighted by molar-refractivity contribution is 0.0519. The highest BCUT2D eigenvalue weighted by Crippen LogP contribution is 2.16. The molecule has 16 heavy (non-hydrogen) atoms. The maximum absolute atomic E-state index is 11.4. The van der Waals surface area contributed by atoms with Gasteiger partial charge in [0.05, 0.1) is 6.61 Å². The predicted molar refractivity (Wildman–Crippen MR) is 60.6 cm³/mol. The van der Waals surface area contributed by atoms with Gasteiger partial charge in [0.1, 0.15) is 6.26 Å². The van der Waals surface area contributed by atoms with Crippen LogP contribution in [0.25, 0.3) is 0 Å². The number of rotatable bonds is 5. The fourth-order valence-corrected chi connectivity index (χ4v) is 1.42. The molecule has 1 aromatic rings. The molecule has 0 aromatic carbocycles. The van der Waals surface area contributed by atoms with Crippen LogP contribution in [-0.4, -0.2) is 30.1 Å². The van der Waals surface area contributed by atoms with Crippen LogP contribution in [0, 0.1) is 0 Å². The van der Waals surface area contributed by atoms with E-state index in [-0.39, 0.29) is 11.7 Å². The van der Waals surface area contributed by atoms with E-state index < -0.39 is 5.97 Å². The molecule has 0 radical (unpaired) electrons. The Morgan fingerprint density at radius 3 is 2.75 bits per heavy atom. The summed E-state index contributed by atoms with van der Waals surface area (Å²) in [6.07, 6.45) is 1.33. The van der Waals surface area contributed by atoms with Crippen molar-refractivity contribution in [1.29, 1.82) is 0 Å². The van der Waals surface area contributed by atoms with Gasteiger partial charge in [-0.2, -0.15) is 4.98 Å². The lowest BCUT2D eigenvalue weighted by atomic mass is 10.3. The van der Waals surface area contributed by atoms with Crippen LogP contribution in [0.2, 0.25) is 0 Å². The van der Waals surface area contributed by atoms with Crippen molar-refractivity contribution < 1.29 is 13.9 Å². The summed E-state index contributed by atoms with van der Waals surface area (Å²) in [5.41, 5.74) is 0.218. The van der Waals surface area contributed by atoms with Gasteiger partial charge in [0.25, 0.3) is 6.01 Å². The third kappa shape index (κ3) is 2.74. The Balaban J connectivity index is 2.81. The van der Waals surface area contributed by atoms with Gasteiger partial charge in [-0.3, -0.25) is 0 Å². The predicted octanol–water partition coefficient (Wildman–Crippen LogP) is 2.09. The number of esters is 1. The quantitative estimate of drug-likeness (QED) is 0.719. The molecule has 5 heteroatoms. The van der Waals surface area contributed by atoms with Crippen molar-refractivity contribution in [3.8, 4) is 0 Å². The van der Waals surface area contributed by atoms with Crippen LogP contribution in [0.4, 0.5) is 6.01 Å². The van der Waals surface area contributed by atoms with E-state index in [2.05, 4.69) is 4.98 Å². The van der Waals surface area contributed by atoms with Crippen molar-refractivity contribution in [2.45, 2.75) is 33.7 Å². The zero-order valence-electron chi connectivity index (χ0n) is 10.2. The second-order valence-electron chi connectivity index (χ2n) is 3.62. The van der Waals surface area contributed by atoms with Crippen LogP contribution in [0.3, 0.4) is 0 Å². The van der Waals surface area contributed by atoms with Gasteiger partial charge in [-0.25, -0.2) is 4.79 Å². The van der Waals surface area contributed by atoms with E-state index in [1.807, 2.05) is 25.7 Å². The van der Waals surface area contributed by atoms with E-state index >= 15 is 0 Å². The topological polar surface area (TPSA) is 55.6 Å². The number of carbonyl (C=O) groups excluding carboxylic acids is 1. The molecule has 1 aromatic heterocycles. The molecule has 0 aliphatic heterocycles. The maximum Gasteiger partial charge on any atom is 0.360 e. The van der Waals surface area contributed by atoms with Gasteiger partial charge >= 0.3 is 5.97 Å². The second-order valence-corrected chi connectivity index (χ2v) is 3.62. The van der Waals surface area contributed by atoms with Crippen LogP contribution in [0.5, 0.6) is 0 Å². The van der Waals surface area contributed by atoms with Crippen molar-refractivity contribution in [2.75, 3.05) is 18.1 Å². The molecule has 1 rings (SSSR count). The van der Waals surface area contributed by atoms with Gasteiger partial charge < -0.3 is 14.1 Å². The van der Waals surface area contributed by atoms with Crippen LogP contribution >= 0.6 is 0 Å². The third-order valence-electron chi connectivity index (χ3n) is 2.19. The maximum atomic E-state index is 11.4. The average Bonchev–Trinajstić information content (AvgIpc) is 2.68. The molecular weight excluding hydrogens is 208 g/mol. The normalized spacial score (nSPS) is 10.6. The number of hydrogen-bond acceptors (Lipinski definition) is 5. The molecule has 1 heterocycles. The first-order valence-electron chi connectivity index (χ1n) is 5.49. The number of ether oxygens (including phenoxy) is 1. The zero-order chi connectivity index (χ0) is 12.1. The van der Waals surface area contributed by atoms with E-state index in [4.69, 9.17) is 9.15 Å². The van der Waals surface area contributed by atoms with E-state index in [9.17, 15) is 4.79 Å². The van der Waals surface area contributed by atoms with Crippen molar-refractivity contribution in [3.05, 3.63) is 12.0 Å². The Morgan fingerprint density at radius 1 is 1.56 bits per heavy atom. The minimum absolute atomic E-state index is 0.218. The molecule has 0 spiro atoms. The van der Waals surface area contributed by atoms with Crippen molar-refractivity contribution in [3.63, 3.8) is 0 Å². The number of carbonyl (C=O) groups is 1. The van der Waals surface area contributed by atoms with E-state index in [0.29, 0.717) is 12.6 Å². The summed E-state index contributed by atoms with van der Waals surface area (Å²) in [5, 5.41) is 0. The molecule has 0 saturated carbocycles. The van der Waals surface area contributed by atoms with E-state index in [1.54, 1.807) is 6.92 Å². The van der Waals surface area contributed by atoms with Gasteiger partial charge in [0.15, 0.2) is 5.69 Å². The van der Waals surface area contributed by atoms with Crippen molar-refractivity contribution in [1.82, 2.24) is 4.98 Å². The summed E-state index contributed by atoms with van der Waals surface area (Å²) in [4.78, 5) is 17.4. The van der Waals surface area contributed by atoms with Crippen LogP contribution in [-0.2, 0) is 4.74 Å². The Morgan fingerprint density at radius 2 is 2.25 bits per heavy atom. The molecule has 0 aliphatic rings. The number of nitrogens with zero attached hydrogens (tertiary/aromatic N) is 2. The third-order valence-corrected chi connectivity index (χ3v) is 2.19. The second kappa shape index (κ2) is 5.53. The number of hydrogen-bond donors (Lipinski definition) is 0. The molecule has 0 N–H and O–H groups in total. The first-order valence-corrected chi connectivity index (χ1v) is 5.49. The number of aromatic nitrogens is 1. The average molecular weight is 226 g/mol. The summed E-state index contributed by atoms with van der Waals surface area (Å²) in [6, 6.07) is 0.735. The first-order chi connectivity index (χ1) is 7.60. The van der Waals surface area contributed by atoms with E-state index in [1.165, 1.54) is 6.26 Å². The Bertz CT molecular complexity index is 347. The highest BCUT2D eigenvalue weighted by Gasteiger charge is 2.18. The standard InChI is InChI=1S/C11H18N2O3/c1-5-13(8(3)4)11-12-9(7-16-11)10(14)15-6-2/h7-8H,5-6H2,1-4H3. The first kappa shape index (κ1) is 12.5. The monoisotopic (exact) mass is 226 g/mol. The Hall–Kier alpha value is -1.52. The summed E-state index contributed by atoms with van der Waals surface area (Å²) in [7, 11) is 0. The largest absolute Gasteiger partial charge is 0.461 e. The van der Waals surface area contributed by atoms with Crippen LogP contribution < -0.4 is 4.90 Å². The molecule has 0 amide bonds. The van der Waals surface area contributed by atoms with Gasteiger partial charge in [-0.1, -0.05) is 0 Å². The summed E-state index contributed by atoms with van der Waals surface area (Å²) < 4.78 is 10.1. The van der Waals surface area contributed by atoms with Crippen LogP contribution in [0.1, 0.15) is 38.2 Å². The molecule has 0 aliphatic carbocycles. The minimum atomic E-state index is -0.447. The molecule has 0 fully saturated rings. The van der Waals surface area contributed by atoms with Gasteiger partial charge in [0, 0.05) is 12.6 Å². The summed E-state index contributed by atoms with van der Waals surface area (Å²) in [6.45, 7) is 8.96. The van der Waals surface area contributed by atoms with Crippen molar-refractivity contribution >= 4 is 12.0 Å². The Kier molecular flexibility index (Phi) is 4.34.